The van der Waals surface area contributed by atoms with E-state index < -0.39 is 42.7 Å². The number of methoxy groups -OCH3 is 1. The van der Waals surface area contributed by atoms with Crippen LogP contribution in [0, 0.1) is 11.7 Å². The molecule has 0 bridgehead atoms. The molecular weight excluding hydrogens is 520 g/mol. The number of alkyl halides is 3. The first-order valence-corrected chi connectivity index (χ1v) is 12.2. The van der Waals surface area contributed by atoms with E-state index in [4.69, 9.17) is 9.47 Å². The third-order valence-corrected chi connectivity index (χ3v) is 5.95. The molecule has 39 heavy (non-hydrogen) atoms. The van der Waals surface area contributed by atoms with Crippen LogP contribution < -0.4 is 15.4 Å². The van der Waals surface area contributed by atoms with Crippen LogP contribution in [0.1, 0.15) is 25.3 Å². The molecule has 2 aromatic carbocycles. The molecule has 2 aromatic rings. The average Bonchev–Trinajstić information content (AvgIpc) is 3.37. The van der Waals surface area contributed by atoms with Crippen molar-refractivity contribution in [2.45, 2.75) is 25.9 Å². The Morgan fingerprint density at radius 3 is 2.41 bits per heavy atom. The standard InChI is InChI=1S/C27H30F4N4O4/c1-4-32-23-14-21(39-12-11-38-3)13-22(28)26(23)17(2)33-19-5-7-20(8-6-19)34-24(36)15-25(37)35-10-9-18(16-35)27(29,30)31/h4-8,13-14,18,33H,2,9-12,15-16H2,1,3H3,(H,34,36). The van der Waals surface area contributed by atoms with E-state index in [-0.39, 0.29) is 30.8 Å². The van der Waals surface area contributed by atoms with Crippen molar-refractivity contribution in [1.82, 2.24) is 4.90 Å². The van der Waals surface area contributed by atoms with E-state index in [2.05, 4.69) is 22.2 Å². The lowest BCUT2D eigenvalue weighted by atomic mass is 10.1. The van der Waals surface area contributed by atoms with Crippen molar-refractivity contribution < 1.29 is 36.6 Å². The highest BCUT2D eigenvalue weighted by Crippen LogP contribution is 2.35. The number of ether oxygens (including phenoxy) is 2. The summed E-state index contributed by atoms with van der Waals surface area (Å²) in [6, 6.07) is 9.16. The van der Waals surface area contributed by atoms with Crippen LogP contribution in [-0.2, 0) is 14.3 Å². The molecule has 12 heteroatoms. The minimum absolute atomic E-state index is 0.0318. The summed E-state index contributed by atoms with van der Waals surface area (Å²) in [4.78, 5) is 29.8. The van der Waals surface area contributed by atoms with Gasteiger partial charge in [-0.25, -0.2) is 4.39 Å². The normalized spacial score (nSPS) is 15.4. The van der Waals surface area contributed by atoms with E-state index >= 15 is 0 Å². The fraction of sp³-hybridized carbons (Fsp3) is 0.370. The number of likely N-dealkylation sites (tertiary alicyclic amines) is 1. The molecule has 1 aliphatic heterocycles. The maximum absolute atomic E-state index is 15.0. The molecule has 1 unspecified atom stereocenters. The molecule has 210 valence electrons. The Kier molecular flexibility index (Phi) is 10.0. The lowest BCUT2D eigenvalue weighted by Gasteiger charge is -2.18. The zero-order chi connectivity index (χ0) is 28.6. The van der Waals surface area contributed by atoms with Gasteiger partial charge < -0.3 is 25.0 Å². The quantitative estimate of drug-likeness (QED) is 0.169. The Morgan fingerprint density at radius 1 is 1.15 bits per heavy atom. The van der Waals surface area contributed by atoms with Gasteiger partial charge in [-0.05, 0) is 37.6 Å². The summed E-state index contributed by atoms with van der Waals surface area (Å²) in [6.45, 7) is 5.74. The van der Waals surface area contributed by atoms with E-state index in [1.807, 2.05) is 0 Å². The van der Waals surface area contributed by atoms with Gasteiger partial charge in [0.25, 0.3) is 0 Å². The Hall–Kier alpha value is -3.93. The Balaban J connectivity index is 1.59. The van der Waals surface area contributed by atoms with Crippen molar-refractivity contribution >= 4 is 40.8 Å². The van der Waals surface area contributed by atoms with Gasteiger partial charge >= 0.3 is 6.18 Å². The highest BCUT2D eigenvalue weighted by atomic mass is 19.4. The lowest BCUT2D eigenvalue weighted by molar-refractivity contribution is -0.171. The fourth-order valence-corrected chi connectivity index (χ4v) is 4.02. The highest BCUT2D eigenvalue weighted by molar-refractivity contribution is 6.03. The summed E-state index contributed by atoms with van der Waals surface area (Å²) in [7, 11) is 1.53. The van der Waals surface area contributed by atoms with Crippen LogP contribution in [-0.4, -0.2) is 62.5 Å². The number of hydrogen-bond donors (Lipinski definition) is 2. The molecule has 0 saturated carbocycles. The molecule has 0 aromatic heterocycles. The molecule has 2 amide bonds. The van der Waals surface area contributed by atoms with Crippen LogP contribution in [0.25, 0.3) is 5.70 Å². The number of hydrogen-bond acceptors (Lipinski definition) is 6. The predicted octanol–water partition coefficient (Wildman–Crippen LogP) is 5.40. The minimum atomic E-state index is -4.36. The van der Waals surface area contributed by atoms with Gasteiger partial charge in [-0.15, -0.1) is 0 Å². The largest absolute Gasteiger partial charge is 0.491 e. The topological polar surface area (TPSA) is 92.3 Å². The first-order valence-electron chi connectivity index (χ1n) is 12.2. The number of carbonyl (C=O) groups excluding carboxylic acids is 2. The number of nitrogens with zero attached hydrogens (tertiary/aromatic N) is 2. The van der Waals surface area contributed by atoms with Crippen LogP contribution in [0.3, 0.4) is 0 Å². The number of aliphatic imine (C=N–C) groups is 1. The fourth-order valence-electron chi connectivity index (χ4n) is 4.02. The van der Waals surface area contributed by atoms with Crippen molar-refractivity contribution in [3.05, 3.63) is 54.4 Å². The van der Waals surface area contributed by atoms with E-state index in [1.54, 1.807) is 37.3 Å². The van der Waals surface area contributed by atoms with Gasteiger partial charge in [-0.2, -0.15) is 13.2 Å². The summed E-state index contributed by atoms with van der Waals surface area (Å²) < 4.78 is 63.9. The first kappa shape index (κ1) is 29.6. The highest BCUT2D eigenvalue weighted by Gasteiger charge is 2.44. The number of rotatable bonds is 11. The van der Waals surface area contributed by atoms with E-state index in [1.165, 1.54) is 19.4 Å². The number of benzene rings is 2. The van der Waals surface area contributed by atoms with Gasteiger partial charge in [0.2, 0.25) is 11.8 Å². The average molecular weight is 551 g/mol. The van der Waals surface area contributed by atoms with Gasteiger partial charge in [-0.3, -0.25) is 14.6 Å². The van der Waals surface area contributed by atoms with Gasteiger partial charge in [0.1, 0.15) is 24.6 Å². The van der Waals surface area contributed by atoms with Crippen molar-refractivity contribution in [1.29, 1.82) is 0 Å². The second kappa shape index (κ2) is 13.2. The van der Waals surface area contributed by atoms with Crippen LogP contribution >= 0.6 is 0 Å². The van der Waals surface area contributed by atoms with Gasteiger partial charge in [0, 0.05) is 55.6 Å². The van der Waals surface area contributed by atoms with Crippen molar-refractivity contribution in [3.8, 4) is 5.75 Å². The number of carbonyl (C=O) groups is 2. The molecule has 8 nitrogen and oxygen atoms in total. The van der Waals surface area contributed by atoms with Gasteiger partial charge in [0.05, 0.1) is 23.8 Å². The third-order valence-electron chi connectivity index (χ3n) is 5.95. The zero-order valence-corrected chi connectivity index (χ0v) is 21.6. The number of nitrogens with one attached hydrogen (secondary N) is 2. The predicted molar refractivity (Wildman–Crippen MR) is 141 cm³/mol. The maximum atomic E-state index is 15.0. The summed E-state index contributed by atoms with van der Waals surface area (Å²) in [6.07, 6.45) is -3.58. The summed E-state index contributed by atoms with van der Waals surface area (Å²) in [5, 5.41) is 5.55. The molecule has 1 aliphatic rings. The molecule has 1 fully saturated rings. The SMILES string of the molecule is C=C(Nc1ccc(NC(=O)CC(=O)N2CCC(C(F)(F)F)C2)cc1)c1c(F)cc(OCCOC)cc1N=CC. The smallest absolute Gasteiger partial charge is 0.393 e. The molecular formula is C27H30F4N4O4. The molecule has 0 radical (unpaired) electrons. The zero-order valence-electron chi connectivity index (χ0n) is 21.6. The van der Waals surface area contributed by atoms with Crippen LogP contribution in [0.15, 0.2) is 48.0 Å². The summed E-state index contributed by atoms with van der Waals surface area (Å²) >= 11 is 0. The number of amides is 2. The van der Waals surface area contributed by atoms with Crippen molar-refractivity contribution in [2.24, 2.45) is 10.9 Å². The molecule has 0 aliphatic carbocycles. The van der Waals surface area contributed by atoms with E-state index in [0.717, 1.165) is 4.90 Å². The van der Waals surface area contributed by atoms with Gasteiger partial charge in [-0.1, -0.05) is 6.58 Å². The molecule has 3 rings (SSSR count). The monoisotopic (exact) mass is 550 g/mol. The van der Waals surface area contributed by atoms with Gasteiger partial charge in [0.15, 0.2) is 0 Å². The first-order chi connectivity index (χ1) is 18.5. The van der Waals surface area contributed by atoms with E-state index in [9.17, 15) is 27.2 Å². The second-order valence-corrected chi connectivity index (χ2v) is 8.80. The summed E-state index contributed by atoms with van der Waals surface area (Å²) in [5.41, 5.74) is 1.61. The van der Waals surface area contributed by atoms with Crippen LogP contribution in [0.2, 0.25) is 0 Å². The maximum Gasteiger partial charge on any atom is 0.393 e. The van der Waals surface area contributed by atoms with E-state index in [0.29, 0.717) is 29.4 Å². The van der Waals surface area contributed by atoms with Crippen molar-refractivity contribution in [3.63, 3.8) is 0 Å². The lowest BCUT2D eigenvalue weighted by Crippen LogP contribution is -2.34. The van der Waals surface area contributed by atoms with Crippen LogP contribution in [0.5, 0.6) is 5.75 Å². The molecule has 2 N–H and O–H groups in total. The minimum Gasteiger partial charge on any atom is -0.491 e. The number of halogens is 4. The third kappa shape index (κ3) is 8.28. The Bertz CT molecular complexity index is 1220. The number of anilines is 2. The molecule has 0 spiro atoms. The molecule has 1 heterocycles. The molecule has 1 saturated heterocycles. The Morgan fingerprint density at radius 2 is 1.82 bits per heavy atom. The Labute approximate surface area is 223 Å². The molecule has 1 atom stereocenters. The van der Waals surface area contributed by atoms with Crippen molar-refractivity contribution in [2.75, 3.05) is 44.0 Å². The second-order valence-electron chi connectivity index (χ2n) is 8.80. The summed E-state index contributed by atoms with van der Waals surface area (Å²) in [5.74, 6) is -3.15. The van der Waals surface area contributed by atoms with Crippen LogP contribution in [0.4, 0.5) is 34.6 Å².